The Balaban J connectivity index is 2.44. The van der Waals surface area contributed by atoms with Crippen LogP contribution in [0.3, 0.4) is 0 Å². The van der Waals surface area contributed by atoms with Gasteiger partial charge in [-0.2, -0.15) is 0 Å². The van der Waals surface area contributed by atoms with Crippen LogP contribution in [0.5, 0.6) is 5.75 Å². The van der Waals surface area contributed by atoms with E-state index in [1.165, 1.54) is 11.1 Å². The van der Waals surface area contributed by atoms with Gasteiger partial charge in [0.25, 0.3) is 0 Å². The van der Waals surface area contributed by atoms with Crippen LogP contribution in [0.1, 0.15) is 11.1 Å². The van der Waals surface area contributed by atoms with E-state index in [1.54, 1.807) is 7.11 Å². The predicted molar refractivity (Wildman–Crippen MR) is 48.4 cm³/mol. The van der Waals surface area contributed by atoms with E-state index in [0.717, 1.165) is 25.3 Å². The molecular weight excluding hydrogens is 150 g/mol. The molecule has 1 N–H and O–H groups in total. The van der Waals surface area contributed by atoms with Crippen LogP contribution in [0.15, 0.2) is 18.2 Å². The Labute approximate surface area is 72.5 Å². The summed E-state index contributed by atoms with van der Waals surface area (Å²) in [4.78, 5) is 0. The maximum atomic E-state index is 5.27. The number of benzene rings is 1. The molecule has 1 aromatic carbocycles. The van der Waals surface area contributed by atoms with E-state index < -0.39 is 0 Å². The summed E-state index contributed by atoms with van der Waals surface area (Å²) in [5, 5.41) is 3.34. The lowest BCUT2D eigenvalue weighted by Crippen LogP contribution is -2.23. The van der Waals surface area contributed by atoms with E-state index in [1.807, 2.05) is 6.07 Å². The molecule has 0 saturated carbocycles. The van der Waals surface area contributed by atoms with Crippen molar-refractivity contribution in [3.05, 3.63) is 29.3 Å². The van der Waals surface area contributed by atoms with Crippen molar-refractivity contribution in [1.82, 2.24) is 5.32 Å². The summed E-state index contributed by atoms with van der Waals surface area (Å²) in [5.74, 6) is 1.01. The van der Waals surface area contributed by atoms with E-state index in [2.05, 4.69) is 17.4 Å². The smallest absolute Gasteiger partial charge is 0.123 e. The lowest BCUT2D eigenvalue weighted by atomic mass is 10.0. The van der Waals surface area contributed by atoms with Gasteiger partial charge < -0.3 is 10.1 Å². The Morgan fingerprint density at radius 2 is 2.33 bits per heavy atom. The van der Waals surface area contributed by atoms with Crippen molar-refractivity contribution in [3.8, 4) is 5.75 Å². The minimum Gasteiger partial charge on any atom is -0.496 e. The van der Waals surface area contributed by atoms with Gasteiger partial charge in [0, 0.05) is 12.1 Å². The van der Waals surface area contributed by atoms with Crippen LogP contribution in [0, 0.1) is 0 Å². The first kappa shape index (κ1) is 7.62. The summed E-state index contributed by atoms with van der Waals surface area (Å²) in [7, 11) is 1.73. The zero-order valence-corrected chi connectivity index (χ0v) is 7.26. The molecule has 0 radical (unpaired) electrons. The number of methoxy groups -OCH3 is 1. The molecule has 0 atom stereocenters. The standard InChI is InChI=1S/C10H13NO/c1-12-10-4-2-3-8-5-6-11-7-9(8)10/h2-4,11H,5-7H2,1H3. The van der Waals surface area contributed by atoms with E-state index in [0.29, 0.717) is 0 Å². The Hall–Kier alpha value is -1.02. The monoisotopic (exact) mass is 163 g/mol. The lowest BCUT2D eigenvalue weighted by molar-refractivity contribution is 0.404. The fourth-order valence-electron chi connectivity index (χ4n) is 1.67. The minimum atomic E-state index is 0.944. The quantitative estimate of drug-likeness (QED) is 0.674. The first-order chi connectivity index (χ1) is 5.92. The topological polar surface area (TPSA) is 21.3 Å². The van der Waals surface area contributed by atoms with Gasteiger partial charge in [-0.05, 0) is 24.6 Å². The molecule has 0 saturated heterocycles. The number of ether oxygens (including phenoxy) is 1. The molecule has 2 heteroatoms. The van der Waals surface area contributed by atoms with Crippen molar-refractivity contribution in [3.63, 3.8) is 0 Å². The zero-order valence-electron chi connectivity index (χ0n) is 7.26. The number of rotatable bonds is 1. The fraction of sp³-hybridized carbons (Fsp3) is 0.400. The maximum absolute atomic E-state index is 5.27. The third-order valence-electron chi connectivity index (χ3n) is 2.32. The van der Waals surface area contributed by atoms with Crippen molar-refractivity contribution >= 4 is 0 Å². The van der Waals surface area contributed by atoms with Gasteiger partial charge in [0.15, 0.2) is 0 Å². The van der Waals surface area contributed by atoms with Crippen molar-refractivity contribution < 1.29 is 4.74 Å². The van der Waals surface area contributed by atoms with Crippen LogP contribution in [0.2, 0.25) is 0 Å². The Morgan fingerprint density at radius 1 is 1.42 bits per heavy atom. The van der Waals surface area contributed by atoms with Crippen molar-refractivity contribution in [2.45, 2.75) is 13.0 Å². The average Bonchev–Trinajstić information content (AvgIpc) is 2.17. The molecule has 64 valence electrons. The molecule has 1 heterocycles. The third-order valence-corrected chi connectivity index (χ3v) is 2.32. The summed E-state index contributed by atoms with van der Waals surface area (Å²) in [6, 6.07) is 6.26. The highest BCUT2D eigenvalue weighted by Crippen LogP contribution is 2.24. The van der Waals surface area contributed by atoms with Crippen LogP contribution < -0.4 is 10.1 Å². The lowest BCUT2D eigenvalue weighted by Gasteiger charge is -2.19. The molecule has 0 amide bonds. The van der Waals surface area contributed by atoms with Gasteiger partial charge in [0.2, 0.25) is 0 Å². The van der Waals surface area contributed by atoms with Gasteiger partial charge in [-0.15, -0.1) is 0 Å². The zero-order chi connectivity index (χ0) is 8.39. The summed E-state index contributed by atoms with van der Waals surface area (Å²) in [6.07, 6.45) is 1.12. The highest BCUT2D eigenvalue weighted by atomic mass is 16.5. The highest BCUT2D eigenvalue weighted by Gasteiger charge is 2.11. The molecule has 0 aliphatic carbocycles. The fourth-order valence-corrected chi connectivity index (χ4v) is 1.67. The van der Waals surface area contributed by atoms with Crippen molar-refractivity contribution in [2.24, 2.45) is 0 Å². The second-order valence-electron chi connectivity index (χ2n) is 3.02. The third kappa shape index (κ3) is 1.18. The summed E-state index contributed by atoms with van der Waals surface area (Å²) >= 11 is 0. The largest absolute Gasteiger partial charge is 0.496 e. The molecule has 1 aliphatic rings. The minimum absolute atomic E-state index is 0.944. The summed E-state index contributed by atoms with van der Waals surface area (Å²) < 4.78 is 5.27. The maximum Gasteiger partial charge on any atom is 0.123 e. The van der Waals surface area contributed by atoms with E-state index in [-0.39, 0.29) is 0 Å². The van der Waals surface area contributed by atoms with Crippen LogP contribution in [0.25, 0.3) is 0 Å². The Kier molecular flexibility index (Phi) is 2.00. The van der Waals surface area contributed by atoms with Crippen LogP contribution in [-0.2, 0) is 13.0 Å². The number of hydrogen-bond acceptors (Lipinski definition) is 2. The summed E-state index contributed by atoms with van der Waals surface area (Å²) in [5.41, 5.74) is 2.75. The number of hydrogen-bond donors (Lipinski definition) is 1. The molecule has 0 spiro atoms. The van der Waals surface area contributed by atoms with Gasteiger partial charge in [0.1, 0.15) is 5.75 Å². The van der Waals surface area contributed by atoms with Crippen LogP contribution in [-0.4, -0.2) is 13.7 Å². The molecule has 2 rings (SSSR count). The molecule has 0 aromatic heterocycles. The van der Waals surface area contributed by atoms with Crippen LogP contribution in [0.4, 0.5) is 0 Å². The van der Waals surface area contributed by atoms with Gasteiger partial charge in [-0.3, -0.25) is 0 Å². The van der Waals surface area contributed by atoms with Gasteiger partial charge in [0.05, 0.1) is 7.11 Å². The normalized spacial score (nSPS) is 15.4. The molecule has 0 fully saturated rings. The SMILES string of the molecule is COc1cccc2c1CNCC2. The first-order valence-corrected chi connectivity index (χ1v) is 4.27. The number of nitrogens with one attached hydrogen (secondary N) is 1. The van der Waals surface area contributed by atoms with Crippen molar-refractivity contribution in [1.29, 1.82) is 0 Å². The molecule has 1 aromatic rings. The second-order valence-corrected chi connectivity index (χ2v) is 3.02. The highest BCUT2D eigenvalue weighted by molar-refractivity contribution is 5.41. The molecule has 2 nitrogen and oxygen atoms in total. The molecule has 0 bridgehead atoms. The predicted octanol–water partition coefficient (Wildman–Crippen LogP) is 1.34. The second kappa shape index (κ2) is 3.15. The average molecular weight is 163 g/mol. The van der Waals surface area contributed by atoms with Crippen molar-refractivity contribution in [2.75, 3.05) is 13.7 Å². The molecular formula is C10H13NO. The summed E-state index contributed by atoms with van der Waals surface area (Å²) in [6.45, 7) is 2.03. The van der Waals surface area contributed by atoms with Gasteiger partial charge in [-0.1, -0.05) is 12.1 Å². The van der Waals surface area contributed by atoms with Gasteiger partial charge >= 0.3 is 0 Å². The molecule has 1 aliphatic heterocycles. The van der Waals surface area contributed by atoms with Gasteiger partial charge in [-0.25, -0.2) is 0 Å². The number of fused-ring (bicyclic) bond motifs is 1. The molecule has 0 unspecified atom stereocenters. The van der Waals surface area contributed by atoms with E-state index >= 15 is 0 Å². The van der Waals surface area contributed by atoms with Crippen LogP contribution >= 0.6 is 0 Å². The Morgan fingerprint density at radius 3 is 3.17 bits per heavy atom. The Bertz CT molecular complexity index is 269. The molecule has 12 heavy (non-hydrogen) atoms. The first-order valence-electron chi connectivity index (χ1n) is 4.27. The van der Waals surface area contributed by atoms with E-state index in [4.69, 9.17) is 4.74 Å². The van der Waals surface area contributed by atoms with E-state index in [9.17, 15) is 0 Å².